The van der Waals surface area contributed by atoms with E-state index in [2.05, 4.69) is 21.6 Å². The van der Waals surface area contributed by atoms with E-state index < -0.39 is 0 Å². The second-order valence-corrected chi connectivity index (χ2v) is 6.24. The van der Waals surface area contributed by atoms with Crippen molar-refractivity contribution in [2.24, 2.45) is 0 Å². The smallest absolute Gasteiger partial charge is 0.274 e. The van der Waals surface area contributed by atoms with Crippen LogP contribution in [-0.4, -0.2) is 28.0 Å². The molecule has 0 atom stereocenters. The van der Waals surface area contributed by atoms with Crippen molar-refractivity contribution in [3.8, 4) is 11.4 Å². The summed E-state index contributed by atoms with van der Waals surface area (Å²) in [6.07, 6.45) is 0. The number of aromatic nitrogens is 3. The van der Waals surface area contributed by atoms with E-state index in [-0.39, 0.29) is 5.91 Å². The van der Waals surface area contributed by atoms with E-state index in [1.807, 2.05) is 50.2 Å². The van der Waals surface area contributed by atoms with Crippen LogP contribution in [-0.2, 0) is 6.54 Å². The van der Waals surface area contributed by atoms with Gasteiger partial charge in [-0.1, -0.05) is 29.8 Å². The van der Waals surface area contributed by atoms with Crippen LogP contribution < -0.4 is 10.1 Å². The van der Waals surface area contributed by atoms with Crippen molar-refractivity contribution >= 4 is 5.91 Å². The first-order valence-corrected chi connectivity index (χ1v) is 8.40. The van der Waals surface area contributed by atoms with E-state index in [4.69, 9.17) is 4.74 Å². The highest BCUT2D eigenvalue weighted by Crippen LogP contribution is 2.15. The van der Waals surface area contributed by atoms with Gasteiger partial charge < -0.3 is 10.1 Å². The lowest BCUT2D eigenvalue weighted by Gasteiger charge is -2.06. The molecule has 3 aromatic rings. The van der Waals surface area contributed by atoms with Crippen LogP contribution in [0.1, 0.15) is 32.9 Å². The Bertz CT molecular complexity index is 929. The fourth-order valence-electron chi connectivity index (χ4n) is 2.74. The minimum absolute atomic E-state index is 0.241. The van der Waals surface area contributed by atoms with Gasteiger partial charge in [0.25, 0.3) is 5.91 Å². The van der Waals surface area contributed by atoms with Crippen molar-refractivity contribution in [1.82, 2.24) is 20.3 Å². The number of carbonyl (C=O) groups is 1. The van der Waals surface area contributed by atoms with Gasteiger partial charge in [-0.05, 0) is 50.1 Å². The number of hydrogen-bond donors (Lipinski definition) is 1. The normalized spacial score (nSPS) is 10.6. The average molecular weight is 350 g/mol. The molecule has 2 aromatic carbocycles. The molecule has 134 valence electrons. The van der Waals surface area contributed by atoms with Gasteiger partial charge in [0, 0.05) is 6.54 Å². The summed E-state index contributed by atoms with van der Waals surface area (Å²) in [5.41, 5.74) is 5.01. The summed E-state index contributed by atoms with van der Waals surface area (Å²) in [4.78, 5) is 14.0. The maximum absolute atomic E-state index is 12.5. The Morgan fingerprint density at radius 2 is 1.81 bits per heavy atom. The van der Waals surface area contributed by atoms with Gasteiger partial charge >= 0.3 is 0 Å². The SMILES string of the molecule is COc1ccc(CNC(=O)c2nn(-c3ccc(C)cc3C)nc2C)cc1. The highest BCUT2D eigenvalue weighted by atomic mass is 16.5. The summed E-state index contributed by atoms with van der Waals surface area (Å²) in [7, 11) is 1.62. The number of methoxy groups -OCH3 is 1. The Kier molecular flexibility index (Phi) is 5.02. The quantitative estimate of drug-likeness (QED) is 0.767. The number of nitrogens with one attached hydrogen (secondary N) is 1. The molecule has 1 heterocycles. The second-order valence-electron chi connectivity index (χ2n) is 6.24. The monoisotopic (exact) mass is 350 g/mol. The van der Waals surface area contributed by atoms with Crippen molar-refractivity contribution in [3.05, 3.63) is 70.5 Å². The van der Waals surface area contributed by atoms with E-state index in [0.717, 1.165) is 22.6 Å². The molecule has 1 amide bonds. The molecular weight excluding hydrogens is 328 g/mol. The molecule has 6 nitrogen and oxygen atoms in total. The van der Waals surface area contributed by atoms with Gasteiger partial charge in [-0.15, -0.1) is 5.10 Å². The van der Waals surface area contributed by atoms with Crippen molar-refractivity contribution in [3.63, 3.8) is 0 Å². The Balaban J connectivity index is 1.74. The van der Waals surface area contributed by atoms with Crippen LogP contribution in [0.2, 0.25) is 0 Å². The molecule has 26 heavy (non-hydrogen) atoms. The molecule has 0 bridgehead atoms. The maximum atomic E-state index is 12.5. The van der Waals surface area contributed by atoms with Gasteiger partial charge in [-0.3, -0.25) is 4.79 Å². The zero-order chi connectivity index (χ0) is 18.7. The maximum Gasteiger partial charge on any atom is 0.274 e. The third-order valence-corrected chi connectivity index (χ3v) is 4.18. The molecule has 0 aliphatic rings. The largest absolute Gasteiger partial charge is 0.497 e. The Morgan fingerprint density at radius 1 is 1.08 bits per heavy atom. The molecule has 0 fully saturated rings. The predicted molar refractivity (Wildman–Crippen MR) is 99.7 cm³/mol. The fourth-order valence-corrected chi connectivity index (χ4v) is 2.74. The number of nitrogens with zero attached hydrogens (tertiary/aromatic N) is 3. The van der Waals surface area contributed by atoms with Crippen LogP contribution in [0.5, 0.6) is 5.75 Å². The number of benzene rings is 2. The molecule has 0 aliphatic heterocycles. The Labute approximate surface area is 152 Å². The number of ether oxygens (including phenoxy) is 1. The molecule has 0 unspecified atom stereocenters. The van der Waals surface area contributed by atoms with Gasteiger partial charge in [0.2, 0.25) is 0 Å². The molecule has 0 spiro atoms. The van der Waals surface area contributed by atoms with Crippen LogP contribution in [0, 0.1) is 20.8 Å². The summed E-state index contributed by atoms with van der Waals surface area (Å²) in [5, 5.41) is 11.7. The Morgan fingerprint density at radius 3 is 2.46 bits per heavy atom. The highest BCUT2D eigenvalue weighted by Gasteiger charge is 2.17. The number of hydrogen-bond acceptors (Lipinski definition) is 4. The number of carbonyl (C=O) groups excluding carboxylic acids is 1. The third-order valence-electron chi connectivity index (χ3n) is 4.18. The van der Waals surface area contributed by atoms with E-state index in [9.17, 15) is 4.79 Å². The molecule has 1 N–H and O–H groups in total. The van der Waals surface area contributed by atoms with Crippen LogP contribution in [0.4, 0.5) is 0 Å². The number of rotatable bonds is 5. The summed E-state index contributed by atoms with van der Waals surface area (Å²) < 4.78 is 5.13. The van der Waals surface area contributed by atoms with Crippen LogP contribution in [0.25, 0.3) is 5.69 Å². The summed E-state index contributed by atoms with van der Waals surface area (Å²) >= 11 is 0. The lowest BCUT2D eigenvalue weighted by molar-refractivity contribution is 0.0945. The van der Waals surface area contributed by atoms with Crippen molar-refractivity contribution in [2.75, 3.05) is 7.11 Å². The van der Waals surface area contributed by atoms with Crippen molar-refractivity contribution in [1.29, 1.82) is 0 Å². The molecule has 0 aliphatic carbocycles. The van der Waals surface area contributed by atoms with E-state index in [1.165, 1.54) is 10.4 Å². The van der Waals surface area contributed by atoms with Gasteiger partial charge in [0.1, 0.15) is 5.75 Å². The van der Waals surface area contributed by atoms with Crippen molar-refractivity contribution < 1.29 is 9.53 Å². The second kappa shape index (κ2) is 7.39. The zero-order valence-corrected chi connectivity index (χ0v) is 15.4. The van der Waals surface area contributed by atoms with Gasteiger partial charge in [-0.25, -0.2) is 0 Å². The summed E-state index contributed by atoms with van der Waals surface area (Å²) in [6, 6.07) is 13.6. The topological polar surface area (TPSA) is 69.0 Å². The molecule has 0 radical (unpaired) electrons. The number of aryl methyl sites for hydroxylation is 3. The molecule has 0 saturated heterocycles. The van der Waals surface area contributed by atoms with Gasteiger partial charge in [-0.2, -0.15) is 9.90 Å². The van der Waals surface area contributed by atoms with Crippen LogP contribution in [0.3, 0.4) is 0 Å². The minimum Gasteiger partial charge on any atom is -0.497 e. The Hall–Kier alpha value is -3.15. The first-order chi connectivity index (χ1) is 12.5. The van der Waals surface area contributed by atoms with E-state index >= 15 is 0 Å². The average Bonchev–Trinajstić information content (AvgIpc) is 3.01. The van der Waals surface area contributed by atoms with Gasteiger partial charge in [0.05, 0.1) is 18.5 Å². The summed E-state index contributed by atoms with van der Waals surface area (Å²) in [6.45, 7) is 6.25. The molecule has 1 aromatic heterocycles. The minimum atomic E-state index is -0.241. The summed E-state index contributed by atoms with van der Waals surface area (Å²) in [5.74, 6) is 0.543. The van der Waals surface area contributed by atoms with Gasteiger partial charge in [0.15, 0.2) is 5.69 Å². The molecule has 0 saturated carbocycles. The molecular formula is C20H22N4O2. The highest BCUT2D eigenvalue weighted by molar-refractivity contribution is 5.93. The van der Waals surface area contributed by atoms with E-state index in [0.29, 0.717) is 17.9 Å². The zero-order valence-electron chi connectivity index (χ0n) is 15.4. The van der Waals surface area contributed by atoms with Crippen molar-refractivity contribution in [2.45, 2.75) is 27.3 Å². The lowest BCUT2D eigenvalue weighted by atomic mass is 10.1. The molecule has 3 rings (SSSR count). The van der Waals surface area contributed by atoms with Crippen LogP contribution in [0.15, 0.2) is 42.5 Å². The third kappa shape index (κ3) is 3.74. The lowest BCUT2D eigenvalue weighted by Crippen LogP contribution is -2.24. The predicted octanol–water partition coefficient (Wildman–Crippen LogP) is 3.13. The fraction of sp³-hybridized carbons (Fsp3) is 0.250. The number of amides is 1. The molecule has 6 heteroatoms. The first-order valence-electron chi connectivity index (χ1n) is 8.40. The van der Waals surface area contributed by atoms with Crippen LogP contribution >= 0.6 is 0 Å². The van der Waals surface area contributed by atoms with E-state index in [1.54, 1.807) is 14.0 Å². The standard InChI is InChI=1S/C20H22N4O2/c1-13-5-10-18(14(2)11-13)24-22-15(3)19(23-24)20(25)21-12-16-6-8-17(26-4)9-7-16/h5-11H,12H2,1-4H3,(H,21,25). The first kappa shape index (κ1) is 17.7.